The molecule has 0 bridgehead atoms. The normalized spacial score (nSPS) is 22.4. The number of nitrogens with one attached hydrogen (secondary N) is 1. The van der Waals surface area contributed by atoms with Crippen molar-refractivity contribution in [1.82, 2.24) is 9.55 Å². The molecule has 2 rings (SSSR count). The molecule has 0 amide bonds. The Morgan fingerprint density at radius 3 is 2.63 bits per heavy atom. The molecule has 0 radical (unpaired) electrons. The SMILES string of the molecule is CC(C)(C)n1ccnc(NC2CCS(=O)(=O)C2)c1=O. The summed E-state index contributed by atoms with van der Waals surface area (Å²) in [6.45, 7) is 5.79. The van der Waals surface area contributed by atoms with Gasteiger partial charge < -0.3 is 9.88 Å². The van der Waals surface area contributed by atoms with Gasteiger partial charge >= 0.3 is 0 Å². The van der Waals surface area contributed by atoms with E-state index in [0.29, 0.717) is 6.42 Å². The van der Waals surface area contributed by atoms with Gasteiger partial charge in [0.1, 0.15) is 0 Å². The van der Waals surface area contributed by atoms with Crippen molar-refractivity contribution in [3.8, 4) is 0 Å². The Balaban J connectivity index is 2.26. The van der Waals surface area contributed by atoms with Crippen molar-refractivity contribution in [2.45, 2.75) is 38.8 Å². The summed E-state index contributed by atoms with van der Waals surface area (Å²) in [5, 5.41) is 2.95. The molecule has 1 aliphatic rings. The molecule has 0 aromatic carbocycles. The van der Waals surface area contributed by atoms with Gasteiger partial charge in [-0.2, -0.15) is 0 Å². The van der Waals surface area contributed by atoms with E-state index >= 15 is 0 Å². The van der Waals surface area contributed by atoms with Crippen LogP contribution < -0.4 is 10.9 Å². The van der Waals surface area contributed by atoms with Crippen LogP contribution >= 0.6 is 0 Å². The lowest BCUT2D eigenvalue weighted by Crippen LogP contribution is -2.36. The Hall–Kier alpha value is -1.37. The summed E-state index contributed by atoms with van der Waals surface area (Å²) in [5.41, 5.74) is -0.558. The minimum absolute atomic E-state index is 0.0680. The monoisotopic (exact) mass is 285 g/mol. The van der Waals surface area contributed by atoms with Crippen LogP contribution in [0.15, 0.2) is 17.2 Å². The van der Waals surface area contributed by atoms with Crippen molar-refractivity contribution in [1.29, 1.82) is 0 Å². The van der Waals surface area contributed by atoms with Crippen LogP contribution in [0.2, 0.25) is 0 Å². The number of aromatic nitrogens is 2. The first-order chi connectivity index (χ1) is 8.69. The molecule has 0 saturated carbocycles. The molecule has 0 spiro atoms. The van der Waals surface area contributed by atoms with Gasteiger partial charge in [-0.3, -0.25) is 4.79 Å². The fourth-order valence-electron chi connectivity index (χ4n) is 2.14. The first kappa shape index (κ1) is 14.0. The minimum Gasteiger partial charge on any atom is -0.362 e. The van der Waals surface area contributed by atoms with Gasteiger partial charge in [-0.1, -0.05) is 0 Å². The first-order valence-electron chi connectivity index (χ1n) is 6.24. The third-order valence-corrected chi connectivity index (χ3v) is 4.90. The van der Waals surface area contributed by atoms with Gasteiger partial charge in [0, 0.05) is 24.0 Å². The maximum Gasteiger partial charge on any atom is 0.293 e. The average Bonchev–Trinajstić information content (AvgIpc) is 2.59. The summed E-state index contributed by atoms with van der Waals surface area (Å²) in [7, 11) is -2.97. The zero-order valence-electron chi connectivity index (χ0n) is 11.4. The molecule has 7 heteroatoms. The largest absolute Gasteiger partial charge is 0.362 e. The zero-order chi connectivity index (χ0) is 14.3. The smallest absolute Gasteiger partial charge is 0.293 e. The predicted molar refractivity (Wildman–Crippen MR) is 74.2 cm³/mol. The van der Waals surface area contributed by atoms with E-state index in [2.05, 4.69) is 10.3 Å². The highest BCUT2D eigenvalue weighted by molar-refractivity contribution is 7.91. The summed E-state index contributed by atoms with van der Waals surface area (Å²) in [5.74, 6) is 0.461. The lowest BCUT2D eigenvalue weighted by atomic mass is 10.1. The lowest BCUT2D eigenvalue weighted by molar-refractivity contribution is 0.383. The molecule has 2 heterocycles. The van der Waals surface area contributed by atoms with Crippen molar-refractivity contribution >= 4 is 15.7 Å². The number of hydrogen-bond donors (Lipinski definition) is 1. The highest BCUT2D eigenvalue weighted by Gasteiger charge is 2.29. The molecule has 1 aromatic rings. The summed E-state index contributed by atoms with van der Waals surface area (Å²) >= 11 is 0. The molecule has 1 fully saturated rings. The predicted octanol–water partition coefficient (Wildman–Crippen LogP) is 0.597. The van der Waals surface area contributed by atoms with Crippen molar-refractivity contribution in [2.75, 3.05) is 16.8 Å². The zero-order valence-corrected chi connectivity index (χ0v) is 12.2. The number of nitrogens with zero attached hydrogens (tertiary/aromatic N) is 2. The number of anilines is 1. The van der Waals surface area contributed by atoms with Crippen LogP contribution in [0.5, 0.6) is 0 Å². The summed E-state index contributed by atoms with van der Waals surface area (Å²) in [6, 6.07) is -0.221. The molecule has 1 saturated heterocycles. The molecular formula is C12H19N3O3S. The van der Waals surface area contributed by atoms with Crippen LogP contribution in [0.3, 0.4) is 0 Å². The van der Waals surface area contributed by atoms with E-state index in [1.165, 1.54) is 0 Å². The first-order valence-corrected chi connectivity index (χ1v) is 8.06. The molecule has 19 heavy (non-hydrogen) atoms. The van der Waals surface area contributed by atoms with Crippen LogP contribution in [0.1, 0.15) is 27.2 Å². The third-order valence-electron chi connectivity index (χ3n) is 3.14. The molecule has 1 aromatic heterocycles. The Kier molecular flexibility index (Phi) is 3.42. The van der Waals surface area contributed by atoms with E-state index in [1.54, 1.807) is 17.0 Å². The highest BCUT2D eigenvalue weighted by Crippen LogP contribution is 2.15. The standard InChI is InChI=1S/C12H19N3O3S/c1-12(2,3)15-6-5-13-10(11(15)16)14-9-4-7-19(17,18)8-9/h5-6,9H,4,7-8H2,1-3H3,(H,13,14). The van der Waals surface area contributed by atoms with Crippen LogP contribution in [0.4, 0.5) is 5.82 Å². The number of sulfone groups is 1. The van der Waals surface area contributed by atoms with Crippen molar-refractivity contribution < 1.29 is 8.42 Å². The summed E-state index contributed by atoms with van der Waals surface area (Å²) in [6.07, 6.45) is 3.71. The van der Waals surface area contributed by atoms with E-state index in [0.717, 1.165) is 0 Å². The molecule has 1 atom stereocenters. The number of hydrogen-bond acceptors (Lipinski definition) is 5. The minimum atomic E-state index is -2.97. The lowest BCUT2D eigenvalue weighted by Gasteiger charge is -2.23. The number of rotatable bonds is 2. The second-order valence-electron chi connectivity index (χ2n) is 5.87. The van der Waals surface area contributed by atoms with Gasteiger partial charge in [0.15, 0.2) is 15.7 Å². The Labute approximate surface area is 112 Å². The fraction of sp³-hybridized carbons (Fsp3) is 0.667. The van der Waals surface area contributed by atoms with Gasteiger partial charge in [0.25, 0.3) is 5.56 Å². The van der Waals surface area contributed by atoms with E-state index < -0.39 is 9.84 Å². The molecule has 1 N–H and O–H groups in total. The van der Waals surface area contributed by atoms with Crippen molar-refractivity contribution in [3.63, 3.8) is 0 Å². The van der Waals surface area contributed by atoms with Gasteiger partial charge in [-0.25, -0.2) is 13.4 Å². The summed E-state index contributed by atoms with van der Waals surface area (Å²) in [4.78, 5) is 16.3. The molecule has 6 nitrogen and oxygen atoms in total. The maximum atomic E-state index is 12.3. The van der Waals surface area contributed by atoms with E-state index in [4.69, 9.17) is 0 Å². The fourth-order valence-corrected chi connectivity index (χ4v) is 3.81. The Morgan fingerprint density at radius 2 is 2.11 bits per heavy atom. The third kappa shape index (κ3) is 3.15. The second-order valence-corrected chi connectivity index (χ2v) is 8.09. The molecule has 106 valence electrons. The molecular weight excluding hydrogens is 266 g/mol. The van der Waals surface area contributed by atoms with Gasteiger partial charge in [0.2, 0.25) is 0 Å². The molecule has 1 aliphatic heterocycles. The quantitative estimate of drug-likeness (QED) is 0.860. The van der Waals surface area contributed by atoms with E-state index in [-0.39, 0.29) is 34.5 Å². The van der Waals surface area contributed by atoms with Crippen molar-refractivity contribution in [3.05, 3.63) is 22.7 Å². The van der Waals surface area contributed by atoms with E-state index in [9.17, 15) is 13.2 Å². The average molecular weight is 285 g/mol. The van der Waals surface area contributed by atoms with Gasteiger partial charge in [-0.05, 0) is 27.2 Å². The second kappa shape index (κ2) is 4.63. The summed E-state index contributed by atoms with van der Waals surface area (Å²) < 4.78 is 24.4. The van der Waals surface area contributed by atoms with Crippen LogP contribution in [0, 0.1) is 0 Å². The van der Waals surface area contributed by atoms with Crippen LogP contribution in [0.25, 0.3) is 0 Å². The Bertz CT molecular complexity index is 628. The maximum absolute atomic E-state index is 12.3. The molecule has 0 aliphatic carbocycles. The van der Waals surface area contributed by atoms with E-state index in [1.807, 2.05) is 20.8 Å². The Morgan fingerprint density at radius 1 is 1.42 bits per heavy atom. The topological polar surface area (TPSA) is 81.1 Å². The highest BCUT2D eigenvalue weighted by atomic mass is 32.2. The van der Waals surface area contributed by atoms with Crippen molar-refractivity contribution in [2.24, 2.45) is 0 Å². The van der Waals surface area contributed by atoms with Crippen LogP contribution in [-0.2, 0) is 15.4 Å². The van der Waals surface area contributed by atoms with Crippen LogP contribution in [-0.4, -0.2) is 35.5 Å². The van der Waals surface area contributed by atoms with Gasteiger partial charge in [-0.15, -0.1) is 0 Å². The molecule has 1 unspecified atom stereocenters. The van der Waals surface area contributed by atoms with Gasteiger partial charge in [0.05, 0.1) is 11.5 Å².